The highest BCUT2D eigenvalue weighted by molar-refractivity contribution is 7.89. The Morgan fingerprint density at radius 3 is 2.96 bits per heavy atom. The molecule has 1 fully saturated rings. The number of nitrogens with one attached hydrogen (secondary N) is 1. The number of nitrogens with zero attached hydrogens (tertiary/aromatic N) is 3. The molecule has 0 bridgehead atoms. The Morgan fingerprint density at radius 2 is 2.20 bits per heavy atom. The Hall–Kier alpha value is -2.39. The summed E-state index contributed by atoms with van der Waals surface area (Å²) >= 11 is 0. The first kappa shape index (κ1) is 16.1. The number of amides is 1. The molecule has 1 aromatic heterocycles. The number of aryl methyl sites for hydroxylation is 1. The number of benzene rings is 1. The largest absolute Gasteiger partial charge is 0.482 e. The molecule has 1 unspecified atom stereocenters. The highest BCUT2D eigenvalue weighted by atomic mass is 32.2. The Kier molecular flexibility index (Phi) is 3.77. The number of anilines is 1. The topological polar surface area (TPSA) is 93.5 Å². The van der Waals surface area contributed by atoms with Crippen molar-refractivity contribution in [3.63, 3.8) is 0 Å². The van der Waals surface area contributed by atoms with E-state index in [0.717, 1.165) is 5.56 Å². The summed E-state index contributed by atoms with van der Waals surface area (Å²) in [5.41, 5.74) is 1.43. The van der Waals surface area contributed by atoms with Gasteiger partial charge >= 0.3 is 0 Å². The van der Waals surface area contributed by atoms with E-state index < -0.39 is 10.0 Å². The summed E-state index contributed by atoms with van der Waals surface area (Å²) in [7, 11) is -3.64. The van der Waals surface area contributed by atoms with Crippen LogP contribution in [-0.2, 0) is 14.8 Å². The number of ether oxygens (including phenoxy) is 1. The van der Waals surface area contributed by atoms with Gasteiger partial charge in [0.2, 0.25) is 10.0 Å². The lowest BCUT2D eigenvalue weighted by Crippen LogP contribution is -2.30. The molecule has 0 aliphatic carbocycles. The fourth-order valence-electron chi connectivity index (χ4n) is 3.15. The maximum absolute atomic E-state index is 12.9. The van der Waals surface area contributed by atoms with Crippen LogP contribution in [0.1, 0.15) is 18.0 Å². The summed E-state index contributed by atoms with van der Waals surface area (Å²) in [6.07, 6.45) is 4.40. The third kappa shape index (κ3) is 2.89. The van der Waals surface area contributed by atoms with E-state index in [0.29, 0.717) is 30.9 Å². The molecule has 2 aromatic rings. The lowest BCUT2D eigenvalue weighted by atomic mass is 10.2. The molecule has 0 spiro atoms. The molecule has 1 aromatic carbocycles. The van der Waals surface area contributed by atoms with Crippen molar-refractivity contribution in [2.75, 3.05) is 25.0 Å². The van der Waals surface area contributed by atoms with Crippen LogP contribution >= 0.6 is 0 Å². The zero-order valence-corrected chi connectivity index (χ0v) is 14.5. The smallest absolute Gasteiger partial charge is 0.262 e. The minimum absolute atomic E-state index is 0.0316. The van der Waals surface area contributed by atoms with Crippen LogP contribution in [0, 0.1) is 6.92 Å². The lowest BCUT2D eigenvalue weighted by molar-refractivity contribution is -0.118. The molecule has 1 N–H and O–H groups in total. The monoisotopic (exact) mass is 362 g/mol. The third-order valence-electron chi connectivity index (χ3n) is 4.45. The molecule has 2 aliphatic heterocycles. The number of fused-ring (bicyclic) bond motifs is 1. The van der Waals surface area contributed by atoms with Gasteiger partial charge < -0.3 is 10.1 Å². The van der Waals surface area contributed by atoms with Gasteiger partial charge in [0.25, 0.3) is 5.91 Å². The molecule has 2 aliphatic rings. The van der Waals surface area contributed by atoms with Gasteiger partial charge in [-0.3, -0.25) is 9.48 Å². The average molecular weight is 362 g/mol. The van der Waals surface area contributed by atoms with E-state index in [1.807, 2.05) is 17.8 Å². The highest BCUT2D eigenvalue weighted by Gasteiger charge is 2.34. The van der Waals surface area contributed by atoms with E-state index in [2.05, 4.69) is 10.4 Å². The molecule has 8 nitrogen and oxygen atoms in total. The van der Waals surface area contributed by atoms with Crippen molar-refractivity contribution in [2.45, 2.75) is 24.3 Å². The van der Waals surface area contributed by atoms with E-state index in [4.69, 9.17) is 4.74 Å². The summed E-state index contributed by atoms with van der Waals surface area (Å²) in [5.74, 6) is 0.183. The third-order valence-corrected chi connectivity index (χ3v) is 6.31. The number of carbonyl (C=O) groups excluding carboxylic acids is 1. The first-order chi connectivity index (χ1) is 11.9. The van der Waals surface area contributed by atoms with Gasteiger partial charge in [-0.05, 0) is 37.1 Å². The van der Waals surface area contributed by atoms with Crippen LogP contribution in [0.3, 0.4) is 0 Å². The van der Waals surface area contributed by atoms with Gasteiger partial charge in [0.05, 0.1) is 22.8 Å². The SMILES string of the molecule is Cc1cnn(C2CCN(S(=O)(=O)c3ccc4c(c3)NC(=O)CO4)C2)c1. The normalized spacial score (nSPS) is 20.8. The first-order valence-corrected chi connectivity index (χ1v) is 9.45. The minimum atomic E-state index is -3.64. The van der Waals surface area contributed by atoms with Crippen molar-refractivity contribution in [3.8, 4) is 5.75 Å². The van der Waals surface area contributed by atoms with E-state index in [1.165, 1.54) is 16.4 Å². The Labute approximate surface area is 145 Å². The fourth-order valence-corrected chi connectivity index (χ4v) is 4.67. The number of sulfonamides is 1. The van der Waals surface area contributed by atoms with Crippen molar-refractivity contribution in [1.82, 2.24) is 14.1 Å². The summed E-state index contributed by atoms with van der Waals surface area (Å²) in [6, 6.07) is 4.57. The standard InChI is InChI=1S/C16H18N4O4S/c1-11-7-17-20(8-11)12-4-5-19(9-12)25(22,23)13-2-3-15-14(6-13)18-16(21)10-24-15/h2-3,6-8,12H,4-5,9-10H2,1H3,(H,18,21). The molecular weight excluding hydrogens is 344 g/mol. The predicted octanol–water partition coefficient (Wildman–Crippen LogP) is 1.16. The molecule has 0 saturated carbocycles. The zero-order valence-electron chi connectivity index (χ0n) is 13.7. The average Bonchev–Trinajstić information content (AvgIpc) is 3.23. The van der Waals surface area contributed by atoms with E-state index in [1.54, 1.807) is 12.3 Å². The molecule has 25 heavy (non-hydrogen) atoms. The zero-order chi connectivity index (χ0) is 17.6. The number of aromatic nitrogens is 2. The fraction of sp³-hybridized carbons (Fsp3) is 0.375. The molecule has 4 rings (SSSR count). The Morgan fingerprint density at radius 1 is 1.36 bits per heavy atom. The number of hydrogen-bond acceptors (Lipinski definition) is 5. The summed E-state index contributed by atoms with van der Waals surface area (Å²) in [5, 5.41) is 6.92. The first-order valence-electron chi connectivity index (χ1n) is 8.01. The molecular formula is C16H18N4O4S. The van der Waals surface area contributed by atoms with Gasteiger partial charge in [-0.15, -0.1) is 0 Å². The van der Waals surface area contributed by atoms with Gasteiger partial charge in [-0.1, -0.05) is 0 Å². The van der Waals surface area contributed by atoms with Gasteiger partial charge in [0.15, 0.2) is 6.61 Å². The van der Waals surface area contributed by atoms with E-state index in [9.17, 15) is 13.2 Å². The van der Waals surface area contributed by atoms with Gasteiger partial charge in [0, 0.05) is 19.3 Å². The summed E-state index contributed by atoms with van der Waals surface area (Å²) < 4.78 is 34.4. The van der Waals surface area contributed by atoms with Crippen molar-refractivity contribution in [3.05, 3.63) is 36.2 Å². The van der Waals surface area contributed by atoms with Crippen LogP contribution in [0.2, 0.25) is 0 Å². The number of hydrogen-bond donors (Lipinski definition) is 1. The second kappa shape index (κ2) is 5.85. The molecule has 132 valence electrons. The van der Waals surface area contributed by atoms with Crippen molar-refractivity contribution >= 4 is 21.6 Å². The molecule has 1 saturated heterocycles. The molecule has 1 amide bonds. The number of rotatable bonds is 3. The molecule has 9 heteroatoms. The van der Waals surface area contributed by atoms with Crippen molar-refractivity contribution in [1.29, 1.82) is 0 Å². The van der Waals surface area contributed by atoms with Gasteiger partial charge in [0.1, 0.15) is 5.75 Å². The quantitative estimate of drug-likeness (QED) is 0.884. The van der Waals surface area contributed by atoms with Crippen LogP contribution in [0.4, 0.5) is 5.69 Å². The van der Waals surface area contributed by atoms with Gasteiger partial charge in [-0.25, -0.2) is 8.42 Å². The predicted molar refractivity (Wildman–Crippen MR) is 89.9 cm³/mol. The molecule has 0 radical (unpaired) electrons. The molecule has 1 atom stereocenters. The van der Waals surface area contributed by atoms with Crippen LogP contribution < -0.4 is 10.1 Å². The maximum Gasteiger partial charge on any atom is 0.262 e. The minimum Gasteiger partial charge on any atom is -0.482 e. The van der Waals surface area contributed by atoms with Gasteiger partial charge in [-0.2, -0.15) is 9.40 Å². The summed E-state index contributed by atoms with van der Waals surface area (Å²) in [6.45, 7) is 2.71. The van der Waals surface area contributed by atoms with Crippen LogP contribution in [0.25, 0.3) is 0 Å². The second-order valence-electron chi connectivity index (χ2n) is 6.30. The number of carbonyl (C=O) groups is 1. The van der Waals surface area contributed by atoms with Crippen LogP contribution in [0.15, 0.2) is 35.5 Å². The van der Waals surface area contributed by atoms with E-state index in [-0.39, 0.29) is 23.5 Å². The maximum atomic E-state index is 12.9. The lowest BCUT2D eigenvalue weighted by Gasteiger charge is -2.21. The van der Waals surface area contributed by atoms with Crippen molar-refractivity contribution in [2.24, 2.45) is 0 Å². The second-order valence-corrected chi connectivity index (χ2v) is 8.24. The van der Waals surface area contributed by atoms with E-state index >= 15 is 0 Å². The summed E-state index contributed by atoms with van der Waals surface area (Å²) in [4.78, 5) is 11.6. The Bertz CT molecular complexity index is 937. The van der Waals surface area contributed by atoms with Crippen LogP contribution in [0.5, 0.6) is 5.75 Å². The van der Waals surface area contributed by atoms with Crippen LogP contribution in [-0.4, -0.2) is 48.1 Å². The highest BCUT2D eigenvalue weighted by Crippen LogP contribution is 2.33. The Balaban J connectivity index is 1.58. The van der Waals surface area contributed by atoms with Crippen molar-refractivity contribution < 1.29 is 17.9 Å². The molecule has 3 heterocycles.